The van der Waals surface area contributed by atoms with Crippen molar-refractivity contribution in [2.24, 2.45) is 5.92 Å². The minimum atomic E-state index is -0.0748. The molecule has 0 aromatic carbocycles. The van der Waals surface area contributed by atoms with Crippen molar-refractivity contribution in [1.82, 2.24) is 5.32 Å². The van der Waals surface area contributed by atoms with Crippen molar-refractivity contribution < 1.29 is 14.2 Å². The summed E-state index contributed by atoms with van der Waals surface area (Å²) in [6.45, 7) is 9.49. The van der Waals surface area contributed by atoms with Crippen molar-refractivity contribution in [2.45, 2.75) is 32.3 Å². The van der Waals surface area contributed by atoms with Gasteiger partial charge >= 0.3 is 0 Å². The molecular formula is C13H27NO3. The van der Waals surface area contributed by atoms with Gasteiger partial charge in [-0.25, -0.2) is 0 Å². The molecule has 0 aliphatic carbocycles. The average Bonchev–Trinajstić information content (AvgIpc) is 2.81. The molecule has 0 amide bonds. The lowest BCUT2D eigenvalue weighted by atomic mass is 10.1. The smallest absolute Gasteiger partial charge is 0.0644 e. The molecule has 0 bridgehead atoms. The normalized spacial score (nSPS) is 21.0. The van der Waals surface area contributed by atoms with Gasteiger partial charge in [-0.3, -0.25) is 0 Å². The molecule has 1 N–H and O–H groups in total. The summed E-state index contributed by atoms with van der Waals surface area (Å²) in [4.78, 5) is 0. The lowest BCUT2D eigenvalue weighted by Crippen LogP contribution is -2.28. The topological polar surface area (TPSA) is 39.7 Å². The molecule has 1 saturated heterocycles. The third-order valence-electron chi connectivity index (χ3n) is 3.28. The number of ether oxygens (including phenoxy) is 3. The van der Waals surface area contributed by atoms with Crippen LogP contribution in [0.3, 0.4) is 0 Å². The van der Waals surface area contributed by atoms with Crippen molar-refractivity contribution in [1.29, 1.82) is 0 Å². The first-order valence-electron chi connectivity index (χ1n) is 6.55. The van der Waals surface area contributed by atoms with E-state index in [1.54, 1.807) is 7.11 Å². The van der Waals surface area contributed by atoms with Gasteiger partial charge in [0.15, 0.2) is 0 Å². The third kappa shape index (κ3) is 6.99. The van der Waals surface area contributed by atoms with Crippen LogP contribution in [0.1, 0.15) is 26.7 Å². The van der Waals surface area contributed by atoms with Crippen LogP contribution in [0, 0.1) is 5.92 Å². The zero-order valence-corrected chi connectivity index (χ0v) is 11.5. The molecule has 102 valence electrons. The monoisotopic (exact) mass is 245 g/mol. The van der Waals surface area contributed by atoms with Crippen molar-refractivity contribution >= 4 is 0 Å². The Morgan fingerprint density at radius 2 is 2.18 bits per heavy atom. The maximum Gasteiger partial charge on any atom is 0.0644 e. The van der Waals surface area contributed by atoms with E-state index in [0.717, 1.165) is 45.9 Å². The predicted octanol–water partition coefficient (Wildman–Crippen LogP) is 1.44. The van der Waals surface area contributed by atoms with Crippen LogP contribution in [0.15, 0.2) is 0 Å². The van der Waals surface area contributed by atoms with Gasteiger partial charge in [0.05, 0.1) is 18.8 Å². The van der Waals surface area contributed by atoms with E-state index >= 15 is 0 Å². The summed E-state index contributed by atoms with van der Waals surface area (Å²) in [7, 11) is 1.74. The number of hydrogen-bond acceptors (Lipinski definition) is 4. The van der Waals surface area contributed by atoms with E-state index in [9.17, 15) is 0 Å². The van der Waals surface area contributed by atoms with Crippen LogP contribution >= 0.6 is 0 Å². The zero-order valence-electron chi connectivity index (χ0n) is 11.5. The van der Waals surface area contributed by atoms with Crippen LogP contribution in [0.2, 0.25) is 0 Å². The fourth-order valence-corrected chi connectivity index (χ4v) is 1.72. The van der Waals surface area contributed by atoms with Crippen molar-refractivity contribution in [2.75, 3.05) is 46.6 Å². The van der Waals surface area contributed by atoms with Crippen molar-refractivity contribution in [3.63, 3.8) is 0 Å². The van der Waals surface area contributed by atoms with E-state index in [1.807, 2.05) is 0 Å². The standard InChI is InChI=1S/C13H27NO3/c1-13(2,15-3)5-8-16-9-6-14-10-12-4-7-17-11-12/h12,14H,4-11H2,1-3H3. The Labute approximate surface area is 105 Å². The molecule has 0 spiro atoms. The summed E-state index contributed by atoms with van der Waals surface area (Å²) in [5.41, 5.74) is -0.0748. The van der Waals surface area contributed by atoms with Gasteiger partial charge in [0, 0.05) is 33.4 Å². The summed E-state index contributed by atoms with van der Waals surface area (Å²) in [6.07, 6.45) is 2.12. The lowest BCUT2D eigenvalue weighted by molar-refractivity contribution is -0.00939. The summed E-state index contributed by atoms with van der Waals surface area (Å²) < 4.78 is 16.2. The van der Waals surface area contributed by atoms with Crippen LogP contribution < -0.4 is 5.32 Å². The van der Waals surface area contributed by atoms with E-state index in [4.69, 9.17) is 14.2 Å². The molecule has 4 heteroatoms. The molecule has 1 heterocycles. The Bertz CT molecular complexity index is 191. The van der Waals surface area contributed by atoms with E-state index in [-0.39, 0.29) is 5.60 Å². The molecule has 0 saturated carbocycles. The van der Waals surface area contributed by atoms with Gasteiger partial charge in [0.1, 0.15) is 0 Å². The molecule has 4 nitrogen and oxygen atoms in total. The quantitative estimate of drug-likeness (QED) is 0.624. The van der Waals surface area contributed by atoms with Crippen LogP contribution in [0.25, 0.3) is 0 Å². The minimum Gasteiger partial charge on any atom is -0.381 e. The molecule has 0 aromatic heterocycles. The first-order chi connectivity index (χ1) is 8.14. The molecule has 1 atom stereocenters. The Morgan fingerprint density at radius 3 is 2.82 bits per heavy atom. The maximum atomic E-state index is 5.56. The molecule has 0 radical (unpaired) electrons. The Kier molecular flexibility index (Phi) is 7.04. The molecular weight excluding hydrogens is 218 g/mol. The molecule has 1 fully saturated rings. The predicted molar refractivity (Wildman–Crippen MR) is 68.3 cm³/mol. The average molecular weight is 245 g/mol. The van der Waals surface area contributed by atoms with E-state index in [1.165, 1.54) is 6.42 Å². The van der Waals surface area contributed by atoms with Gasteiger partial charge in [-0.2, -0.15) is 0 Å². The highest BCUT2D eigenvalue weighted by Gasteiger charge is 2.16. The minimum absolute atomic E-state index is 0.0748. The van der Waals surface area contributed by atoms with Gasteiger partial charge in [0.2, 0.25) is 0 Å². The second-order valence-corrected chi connectivity index (χ2v) is 5.26. The third-order valence-corrected chi connectivity index (χ3v) is 3.28. The highest BCUT2D eigenvalue weighted by atomic mass is 16.5. The van der Waals surface area contributed by atoms with Gasteiger partial charge in [-0.15, -0.1) is 0 Å². The first-order valence-corrected chi connectivity index (χ1v) is 6.55. The van der Waals surface area contributed by atoms with Crippen LogP contribution in [-0.2, 0) is 14.2 Å². The molecule has 1 aliphatic rings. The Hall–Kier alpha value is -0.160. The van der Waals surface area contributed by atoms with Crippen LogP contribution in [0.5, 0.6) is 0 Å². The number of methoxy groups -OCH3 is 1. The second-order valence-electron chi connectivity index (χ2n) is 5.26. The van der Waals surface area contributed by atoms with Gasteiger partial charge in [-0.1, -0.05) is 0 Å². The van der Waals surface area contributed by atoms with Gasteiger partial charge in [-0.05, 0) is 32.6 Å². The largest absolute Gasteiger partial charge is 0.381 e. The number of rotatable bonds is 9. The molecule has 1 unspecified atom stereocenters. The maximum absolute atomic E-state index is 5.56. The van der Waals surface area contributed by atoms with Gasteiger partial charge < -0.3 is 19.5 Å². The van der Waals surface area contributed by atoms with Crippen LogP contribution in [0.4, 0.5) is 0 Å². The summed E-state index contributed by atoms with van der Waals surface area (Å²) in [5, 5.41) is 3.40. The molecule has 1 aliphatic heterocycles. The SMILES string of the molecule is COC(C)(C)CCOCCNCC1CCOC1. The fraction of sp³-hybridized carbons (Fsp3) is 1.00. The highest BCUT2D eigenvalue weighted by Crippen LogP contribution is 2.12. The second kappa shape index (κ2) is 8.03. The van der Waals surface area contributed by atoms with Crippen molar-refractivity contribution in [3.8, 4) is 0 Å². The summed E-state index contributed by atoms with van der Waals surface area (Å²) in [6, 6.07) is 0. The zero-order chi connectivity index (χ0) is 12.6. The highest BCUT2D eigenvalue weighted by molar-refractivity contribution is 4.67. The molecule has 1 rings (SSSR count). The summed E-state index contributed by atoms with van der Waals surface area (Å²) in [5.74, 6) is 0.697. The molecule has 0 aromatic rings. The molecule has 17 heavy (non-hydrogen) atoms. The fourth-order valence-electron chi connectivity index (χ4n) is 1.72. The van der Waals surface area contributed by atoms with E-state index < -0.39 is 0 Å². The van der Waals surface area contributed by atoms with E-state index in [2.05, 4.69) is 19.2 Å². The van der Waals surface area contributed by atoms with Crippen molar-refractivity contribution in [3.05, 3.63) is 0 Å². The lowest BCUT2D eigenvalue weighted by Gasteiger charge is -2.22. The van der Waals surface area contributed by atoms with Crippen LogP contribution in [-0.4, -0.2) is 52.2 Å². The number of hydrogen-bond donors (Lipinski definition) is 1. The van der Waals surface area contributed by atoms with Gasteiger partial charge in [0.25, 0.3) is 0 Å². The Balaban J connectivity index is 1.84. The summed E-state index contributed by atoms with van der Waals surface area (Å²) >= 11 is 0. The first kappa shape index (κ1) is 14.9. The number of nitrogens with one attached hydrogen (secondary N) is 1. The Morgan fingerprint density at radius 1 is 1.35 bits per heavy atom. The van der Waals surface area contributed by atoms with E-state index in [0.29, 0.717) is 5.92 Å².